The quantitative estimate of drug-likeness (QED) is 0.928. The molecule has 1 fully saturated rings. The zero-order chi connectivity index (χ0) is 18.0. The predicted octanol–water partition coefficient (Wildman–Crippen LogP) is 2.89. The van der Waals surface area contributed by atoms with Crippen molar-refractivity contribution >= 4 is 17.5 Å². The molecular weight excluding hydrogens is 321 g/mol. The highest BCUT2D eigenvalue weighted by molar-refractivity contribution is 6.06. The minimum atomic E-state index is -0.356. The standard InChI is InChI=1S/C19H22FN3O2/c1-13-12-22(2)16(11-17(24)23-9-3-4-10-23)18(13)19(25)21-15-7-5-14(20)6-8-15/h5-8,12H,3-4,9-11H2,1-2H3,(H,21,25). The molecule has 2 heterocycles. The van der Waals surface area contributed by atoms with Crippen LogP contribution >= 0.6 is 0 Å². The summed E-state index contributed by atoms with van der Waals surface area (Å²) in [5.74, 6) is -0.589. The maximum atomic E-state index is 13.0. The van der Waals surface area contributed by atoms with Crippen LogP contribution in [0.4, 0.5) is 10.1 Å². The molecule has 0 bridgehead atoms. The Morgan fingerprint density at radius 3 is 2.44 bits per heavy atom. The normalized spacial score (nSPS) is 14.0. The molecule has 0 saturated carbocycles. The molecule has 1 aliphatic rings. The van der Waals surface area contributed by atoms with Crippen LogP contribution in [0.3, 0.4) is 0 Å². The third-order valence-corrected chi connectivity index (χ3v) is 4.60. The fourth-order valence-electron chi connectivity index (χ4n) is 3.31. The topological polar surface area (TPSA) is 54.3 Å². The summed E-state index contributed by atoms with van der Waals surface area (Å²) in [4.78, 5) is 27.1. The van der Waals surface area contributed by atoms with Gasteiger partial charge in [0.15, 0.2) is 0 Å². The van der Waals surface area contributed by atoms with Gasteiger partial charge in [-0.05, 0) is 49.6 Å². The molecule has 1 N–H and O–H groups in total. The van der Waals surface area contributed by atoms with Gasteiger partial charge in [0.2, 0.25) is 5.91 Å². The number of carbonyl (C=O) groups is 2. The van der Waals surface area contributed by atoms with E-state index in [1.807, 2.05) is 29.6 Å². The lowest BCUT2D eigenvalue weighted by Crippen LogP contribution is -2.30. The maximum Gasteiger partial charge on any atom is 0.257 e. The Bertz CT molecular complexity index is 790. The van der Waals surface area contributed by atoms with E-state index >= 15 is 0 Å². The molecule has 3 rings (SSSR count). The number of likely N-dealkylation sites (tertiary alicyclic amines) is 1. The number of nitrogens with zero attached hydrogens (tertiary/aromatic N) is 2. The van der Waals surface area contributed by atoms with Crippen LogP contribution in [0.1, 0.15) is 34.5 Å². The van der Waals surface area contributed by atoms with E-state index in [4.69, 9.17) is 0 Å². The van der Waals surface area contributed by atoms with E-state index in [-0.39, 0.29) is 24.1 Å². The molecule has 25 heavy (non-hydrogen) atoms. The Hall–Kier alpha value is -2.63. The van der Waals surface area contributed by atoms with E-state index in [0.717, 1.165) is 31.5 Å². The molecule has 2 amide bonds. The van der Waals surface area contributed by atoms with E-state index in [9.17, 15) is 14.0 Å². The molecule has 1 aliphatic heterocycles. The molecule has 2 aromatic rings. The lowest BCUT2D eigenvalue weighted by molar-refractivity contribution is -0.129. The summed E-state index contributed by atoms with van der Waals surface area (Å²) in [7, 11) is 1.84. The molecule has 1 aromatic carbocycles. The van der Waals surface area contributed by atoms with Gasteiger partial charge < -0.3 is 14.8 Å². The summed E-state index contributed by atoms with van der Waals surface area (Å²) < 4.78 is 14.8. The molecule has 1 saturated heterocycles. The summed E-state index contributed by atoms with van der Waals surface area (Å²) in [5, 5.41) is 2.78. The van der Waals surface area contributed by atoms with Crippen LogP contribution in [0.25, 0.3) is 0 Å². The minimum absolute atomic E-state index is 0.0505. The lowest BCUT2D eigenvalue weighted by atomic mass is 10.1. The number of amides is 2. The van der Waals surface area contributed by atoms with Crippen LogP contribution in [0.5, 0.6) is 0 Å². The van der Waals surface area contributed by atoms with Crippen LogP contribution in [0.2, 0.25) is 0 Å². The molecule has 0 spiro atoms. The summed E-state index contributed by atoms with van der Waals surface area (Å²) in [5.41, 5.74) is 2.55. The van der Waals surface area contributed by atoms with E-state index in [0.29, 0.717) is 16.9 Å². The van der Waals surface area contributed by atoms with Crippen molar-refractivity contribution in [3.05, 3.63) is 53.1 Å². The van der Waals surface area contributed by atoms with Crippen molar-refractivity contribution in [3.63, 3.8) is 0 Å². The third kappa shape index (κ3) is 3.73. The first-order valence-corrected chi connectivity index (χ1v) is 8.45. The highest BCUT2D eigenvalue weighted by Gasteiger charge is 2.24. The first kappa shape index (κ1) is 17.2. The highest BCUT2D eigenvalue weighted by atomic mass is 19.1. The number of nitrogens with one attached hydrogen (secondary N) is 1. The van der Waals surface area contributed by atoms with E-state index in [1.165, 1.54) is 24.3 Å². The van der Waals surface area contributed by atoms with Crippen molar-refractivity contribution in [3.8, 4) is 0 Å². The highest BCUT2D eigenvalue weighted by Crippen LogP contribution is 2.21. The Morgan fingerprint density at radius 2 is 1.80 bits per heavy atom. The van der Waals surface area contributed by atoms with Crippen LogP contribution in [-0.4, -0.2) is 34.4 Å². The summed E-state index contributed by atoms with van der Waals surface area (Å²) in [6.45, 7) is 3.43. The van der Waals surface area contributed by atoms with Gasteiger partial charge in [0.25, 0.3) is 5.91 Å². The van der Waals surface area contributed by atoms with Gasteiger partial charge in [0.05, 0.1) is 12.0 Å². The van der Waals surface area contributed by atoms with Gasteiger partial charge in [-0.3, -0.25) is 9.59 Å². The van der Waals surface area contributed by atoms with E-state index in [1.54, 1.807) is 0 Å². The molecule has 0 radical (unpaired) electrons. The van der Waals surface area contributed by atoms with Gasteiger partial charge in [0.1, 0.15) is 5.82 Å². The number of carbonyl (C=O) groups excluding carboxylic acids is 2. The first-order valence-electron chi connectivity index (χ1n) is 8.45. The van der Waals surface area contributed by atoms with Crippen LogP contribution in [0.15, 0.2) is 30.5 Å². The van der Waals surface area contributed by atoms with E-state index < -0.39 is 0 Å². The Balaban J connectivity index is 1.81. The number of aryl methyl sites for hydroxylation is 2. The molecule has 0 atom stereocenters. The predicted molar refractivity (Wildman–Crippen MR) is 94.0 cm³/mol. The molecule has 5 nitrogen and oxygen atoms in total. The Kier molecular flexibility index (Phi) is 4.88. The number of benzene rings is 1. The molecule has 132 valence electrons. The zero-order valence-electron chi connectivity index (χ0n) is 14.5. The monoisotopic (exact) mass is 343 g/mol. The second-order valence-electron chi connectivity index (χ2n) is 6.47. The zero-order valence-corrected chi connectivity index (χ0v) is 14.5. The van der Waals surface area contributed by atoms with Gasteiger partial charge in [-0.2, -0.15) is 0 Å². The fraction of sp³-hybridized carbons (Fsp3) is 0.368. The molecular formula is C19H22FN3O2. The smallest absolute Gasteiger partial charge is 0.257 e. The number of hydrogen-bond acceptors (Lipinski definition) is 2. The average molecular weight is 343 g/mol. The van der Waals surface area contributed by atoms with Crippen molar-refractivity contribution in [1.82, 2.24) is 9.47 Å². The fourth-order valence-corrected chi connectivity index (χ4v) is 3.31. The van der Waals surface area contributed by atoms with Gasteiger partial charge in [-0.25, -0.2) is 4.39 Å². The Labute approximate surface area is 146 Å². The molecule has 0 unspecified atom stereocenters. The third-order valence-electron chi connectivity index (χ3n) is 4.60. The van der Waals surface area contributed by atoms with Crippen molar-refractivity contribution in [2.75, 3.05) is 18.4 Å². The molecule has 6 heteroatoms. The largest absolute Gasteiger partial charge is 0.353 e. The number of halogens is 1. The molecule has 0 aliphatic carbocycles. The maximum absolute atomic E-state index is 13.0. The average Bonchev–Trinajstić information content (AvgIpc) is 3.18. The van der Waals surface area contributed by atoms with Crippen LogP contribution in [-0.2, 0) is 18.3 Å². The van der Waals surface area contributed by atoms with Gasteiger partial charge in [-0.15, -0.1) is 0 Å². The van der Waals surface area contributed by atoms with Crippen molar-refractivity contribution < 1.29 is 14.0 Å². The summed E-state index contributed by atoms with van der Waals surface area (Å²) in [6, 6.07) is 5.62. The van der Waals surface area contributed by atoms with Crippen molar-refractivity contribution in [1.29, 1.82) is 0 Å². The summed E-state index contributed by atoms with van der Waals surface area (Å²) >= 11 is 0. The number of aromatic nitrogens is 1. The second kappa shape index (κ2) is 7.09. The number of anilines is 1. The number of rotatable bonds is 4. The van der Waals surface area contributed by atoms with Gasteiger partial charge in [0, 0.05) is 37.7 Å². The van der Waals surface area contributed by atoms with Crippen molar-refractivity contribution in [2.24, 2.45) is 7.05 Å². The summed E-state index contributed by atoms with van der Waals surface area (Å²) in [6.07, 6.45) is 4.13. The van der Waals surface area contributed by atoms with Crippen LogP contribution in [0, 0.1) is 12.7 Å². The number of hydrogen-bond donors (Lipinski definition) is 1. The first-order chi connectivity index (χ1) is 12.0. The second-order valence-corrected chi connectivity index (χ2v) is 6.47. The molecule has 1 aromatic heterocycles. The van der Waals surface area contributed by atoms with E-state index in [2.05, 4.69) is 5.32 Å². The van der Waals surface area contributed by atoms with Gasteiger partial charge >= 0.3 is 0 Å². The lowest BCUT2D eigenvalue weighted by Gasteiger charge is -2.16. The van der Waals surface area contributed by atoms with Gasteiger partial charge in [-0.1, -0.05) is 0 Å². The SMILES string of the molecule is Cc1cn(C)c(CC(=O)N2CCCC2)c1C(=O)Nc1ccc(F)cc1. The van der Waals surface area contributed by atoms with Crippen LogP contribution < -0.4 is 5.32 Å². The minimum Gasteiger partial charge on any atom is -0.353 e. The van der Waals surface area contributed by atoms with Crippen molar-refractivity contribution in [2.45, 2.75) is 26.2 Å². The Morgan fingerprint density at radius 1 is 1.16 bits per heavy atom.